The van der Waals surface area contributed by atoms with E-state index in [1.54, 1.807) is 4.90 Å². The number of fused-ring (bicyclic) bond motifs is 1. The maximum Gasteiger partial charge on any atom is 0.410 e. The Hall–Kier alpha value is -2.02. The molecule has 3 N–H and O–H groups in total. The number of anilines is 2. The predicted molar refractivity (Wildman–Crippen MR) is 120 cm³/mol. The third-order valence-corrected chi connectivity index (χ3v) is 6.25. The summed E-state index contributed by atoms with van der Waals surface area (Å²) in [5.41, 5.74) is 10.6. The van der Waals surface area contributed by atoms with Crippen molar-refractivity contribution < 1.29 is 9.53 Å². The van der Waals surface area contributed by atoms with Crippen molar-refractivity contribution in [1.29, 1.82) is 0 Å². The van der Waals surface area contributed by atoms with Crippen LogP contribution in [0.2, 0.25) is 0 Å². The van der Waals surface area contributed by atoms with Crippen LogP contribution in [0.25, 0.3) is 0 Å². The second-order valence-electron chi connectivity index (χ2n) is 10.0. The fraction of sp³-hybridized carbons (Fsp3) is 0.739. The Balaban J connectivity index is 1.64. The highest BCUT2D eigenvalue weighted by atomic mass is 16.6. The second kappa shape index (κ2) is 8.25. The monoisotopic (exact) mass is 415 g/mol. The highest BCUT2D eigenvalue weighted by molar-refractivity contribution is 5.74. The molecule has 3 heterocycles. The molecule has 1 aromatic rings. The van der Waals surface area contributed by atoms with Gasteiger partial charge in [-0.25, -0.2) is 9.78 Å². The zero-order valence-corrected chi connectivity index (χ0v) is 19.0. The van der Waals surface area contributed by atoms with Crippen molar-refractivity contribution in [2.24, 2.45) is 0 Å². The summed E-state index contributed by atoms with van der Waals surface area (Å²) in [7, 11) is 0. The molecule has 1 aliphatic carbocycles. The van der Waals surface area contributed by atoms with Gasteiger partial charge in [-0.3, -0.25) is 0 Å². The van der Waals surface area contributed by atoms with Crippen LogP contribution in [-0.4, -0.2) is 53.8 Å². The third kappa shape index (κ3) is 4.51. The lowest BCUT2D eigenvalue weighted by Gasteiger charge is -2.37. The number of pyridine rings is 1. The average Bonchev–Trinajstić information content (AvgIpc) is 3.52. The molecule has 1 saturated carbocycles. The van der Waals surface area contributed by atoms with Crippen LogP contribution in [0.3, 0.4) is 0 Å². The number of carbonyl (C=O) groups excluding carboxylic acids is 1. The zero-order chi connectivity index (χ0) is 21.5. The van der Waals surface area contributed by atoms with Gasteiger partial charge in [-0.2, -0.15) is 0 Å². The fourth-order valence-electron chi connectivity index (χ4n) is 4.65. The summed E-state index contributed by atoms with van der Waals surface area (Å²) in [6, 6.07) is 0.476. The first-order valence-electron chi connectivity index (χ1n) is 11.5. The number of nitrogens with zero attached hydrogens (tertiary/aromatic N) is 3. The number of hydrogen-bond acceptors (Lipinski definition) is 6. The molecule has 0 aromatic carbocycles. The van der Waals surface area contributed by atoms with E-state index >= 15 is 0 Å². The molecule has 2 aliphatic heterocycles. The second-order valence-corrected chi connectivity index (χ2v) is 10.0. The van der Waals surface area contributed by atoms with Gasteiger partial charge in [0, 0.05) is 49.4 Å². The minimum Gasteiger partial charge on any atom is -0.444 e. The molecule has 7 nitrogen and oxygen atoms in total. The smallest absolute Gasteiger partial charge is 0.410 e. The lowest BCUT2D eigenvalue weighted by Crippen LogP contribution is -2.51. The molecule has 30 heavy (non-hydrogen) atoms. The van der Waals surface area contributed by atoms with Crippen LogP contribution >= 0.6 is 0 Å². The molecule has 0 spiro atoms. The molecule has 1 amide bonds. The van der Waals surface area contributed by atoms with E-state index in [0.717, 1.165) is 56.0 Å². The van der Waals surface area contributed by atoms with E-state index in [4.69, 9.17) is 15.5 Å². The van der Waals surface area contributed by atoms with E-state index in [2.05, 4.69) is 17.1 Å². The summed E-state index contributed by atoms with van der Waals surface area (Å²) in [4.78, 5) is 22.0. The summed E-state index contributed by atoms with van der Waals surface area (Å²) in [5, 5.41) is 3.62. The van der Waals surface area contributed by atoms with Crippen molar-refractivity contribution >= 4 is 17.6 Å². The number of amides is 1. The van der Waals surface area contributed by atoms with Gasteiger partial charge in [-0.05, 0) is 52.0 Å². The van der Waals surface area contributed by atoms with Crippen molar-refractivity contribution in [3.8, 4) is 0 Å². The van der Waals surface area contributed by atoms with Crippen LogP contribution in [0.4, 0.5) is 16.3 Å². The third-order valence-electron chi connectivity index (χ3n) is 6.25. The first kappa shape index (κ1) is 21.2. The van der Waals surface area contributed by atoms with Gasteiger partial charge < -0.3 is 25.6 Å². The topological polar surface area (TPSA) is 83.7 Å². The molecule has 2 fully saturated rings. The van der Waals surface area contributed by atoms with Crippen molar-refractivity contribution in [3.63, 3.8) is 0 Å². The van der Waals surface area contributed by atoms with Crippen LogP contribution in [0, 0.1) is 0 Å². The van der Waals surface area contributed by atoms with Gasteiger partial charge in [-0.1, -0.05) is 13.3 Å². The Morgan fingerprint density at radius 2 is 2.03 bits per heavy atom. The lowest BCUT2D eigenvalue weighted by molar-refractivity contribution is 0.0224. The molecule has 7 heteroatoms. The standard InChI is InChI=1S/C23H37N5O2/c1-5-6-16-13-27(12-10-25-16)21-19(24)18-14-28(22(29)30-23(2,3)4)11-9-17(18)20(26-21)15-7-8-15/h15-16,25H,5-14,24H2,1-4H3/t16-/m1/s1. The van der Waals surface area contributed by atoms with Gasteiger partial charge in [0.2, 0.25) is 0 Å². The summed E-state index contributed by atoms with van der Waals surface area (Å²) in [6.45, 7) is 11.9. The molecule has 3 aliphatic rings. The number of nitrogens with two attached hydrogens (primary N) is 1. The van der Waals surface area contributed by atoms with Crippen LogP contribution in [0.15, 0.2) is 0 Å². The summed E-state index contributed by atoms with van der Waals surface area (Å²) in [5.74, 6) is 1.48. The Bertz CT molecular complexity index is 798. The van der Waals surface area contributed by atoms with E-state index in [9.17, 15) is 4.79 Å². The van der Waals surface area contributed by atoms with Crippen molar-refractivity contribution in [3.05, 3.63) is 16.8 Å². The number of aromatic nitrogens is 1. The zero-order valence-electron chi connectivity index (χ0n) is 19.0. The predicted octanol–water partition coefficient (Wildman–Crippen LogP) is 3.41. The van der Waals surface area contributed by atoms with Crippen molar-refractivity contribution in [2.45, 2.75) is 83.9 Å². The summed E-state index contributed by atoms with van der Waals surface area (Å²) in [6.07, 6.45) is 5.28. The lowest BCUT2D eigenvalue weighted by atomic mass is 9.94. The Kier molecular flexibility index (Phi) is 5.84. The van der Waals surface area contributed by atoms with Crippen molar-refractivity contribution in [2.75, 3.05) is 36.8 Å². The number of carbonyl (C=O) groups is 1. The molecule has 0 unspecified atom stereocenters. The van der Waals surface area contributed by atoms with Crippen molar-refractivity contribution in [1.82, 2.24) is 15.2 Å². The van der Waals surface area contributed by atoms with Gasteiger partial charge in [0.15, 0.2) is 5.82 Å². The molecule has 1 atom stereocenters. The minimum atomic E-state index is -0.499. The maximum atomic E-state index is 12.7. The van der Waals surface area contributed by atoms with Gasteiger partial charge >= 0.3 is 6.09 Å². The molecule has 166 valence electrons. The summed E-state index contributed by atoms with van der Waals surface area (Å²) >= 11 is 0. The van der Waals surface area contributed by atoms with E-state index in [1.165, 1.54) is 24.1 Å². The highest BCUT2D eigenvalue weighted by Gasteiger charge is 2.36. The summed E-state index contributed by atoms with van der Waals surface area (Å²) < 4.78 is 5.62. The van der Waals surface area contributed by atoms with Gasteiger partial charge in [0.05, 0.1) is 12.2 Å². The van der Waals surface area contributed by atoms with E-state index < -0.39 is 5.60 Å². The molecule has 0 radical (unpaired) electrons. The number of nitrogen functional groups attached to an aromatic ring is 1. The van der Waals surface area contributed by atoms with Crippen LogP contribution < -0.4 is 16.0 Å². The number of nitrogens with one attached hydrogen (secondary N) is 1. The Labute approximate surface area is 180 Å². The van der Waals surface area contributed by atoms with E-state index in [1.807, 2.05) is 20.8 Å². The molecular formula is C23H37N5O2. The first-order valence-corrected chi connectivity index (χ1v) is 11.5. The van der Waals surface area contributed by atoms with Crippen LogP contribution in [0.1, 0.15) is 76.1 Å². The molecule has 1 aromatic heterocycles. The SMILES string of the molecule is CCC[C@@H]1CN(c2nc(C3CC3)c3c(c2N)CN(C(=O)OC(C)(C)C)CC3)CCN1. The van der Waals surface area contributed by atoms with Gasteiger partial charge in [0.1, 0.15) is 5.60 Å². The number of rotatable bonds is 4. The normalized spacial score (nSPS) is 22.1. The van der Waals surface area contributed by atoms with Gasteiger partial charge in [0.25, 0.3) is 0 Å². The molecular weight excluding hydrogens is 378 g/mol. The number of ether oxygens (including phenoxy) is 1. The molecule has 0 bridgehead atoms. The van der Waals surface area contributed by atoms with Crippen LogP contribution in [0.5, 0.6) is 0 Å². The Morgan fingerprint density at radius 1 is 1.27 bits per heavy atom. The maximum absolute atomic E-state index is 12.7. The quantitative estimate of drug-likeness (QED) is 0.784. The van der Waals surface area contributed by atoms with E-state index in [-0.39, 0.29) is 6.09 Å². The van der Waals surface area contributed by atoms with Gasteiger partial charge in [-0.15, -0.1) is 0 Å². The highest BCUT2D eigenvalue weighted by Crippen LogP contribution is 2.45. The largest absolute Gasteiger partial charge is 0.444 e. The number of hydrogen-bond donors (Lipinski definition) is 2. The first-order chi connectivity index (χ1) is 14.3. The Morgan fingerprint density at radius 3 is 2.70 bits per heavy atom. The van der Waals surface area contributed by atoms with E-state index in [0.29, 0.717) is 25.0 Å². The minimum absolute atomic E-state index is 0.260. The molecule has 4 rings (SSSR count). The number of piperazine rings is 1. The van der Waals surface area contributed by atoms with Crippen LogP contribution in [-0.2, 0) is 17.7 Å². The average molecular weight is 416 g/mol. The fourth-order valence-corrected chi connectivity index (χ4v) is 4.65. The molecule has 1 saturated heterocycles.